The number of nitrogens with zero attached hydrogens (tertiary/aromatic N) is 1. The molecule has 1 unspecified atom stereocenters. The predicted molar refractivity (Wildman–Crippen MR) is 177 cm³/mol. The van der Waals surface area contributed by atoms with Crippen LogP contribution in [0.4, 0.5) is 4.79 Å². The molecule has 0 radical (unpaired) electrons. The molecule has 0 saturated carbocycles. The van der Waals surface area contributed by atoms with E-state index in [2.05, 4.69) is 26.7 Å². The van der Waals surface area contributed by atoms with Gasteiger partial charge in [-0.2, -0.15) is 0 Å². The molecule has 0 spiro atoms. The lowest BCUT2D eigenvalue weighted by Crippen LogP contribution is -2.32. The zero-order valence-corrected chi connectivity index (χ0v) is 25.7. The average Bonchev–Trinajstić information content (AvgIpc) is 3.52. The van der Waals surface area contributed by atoms with Crippen molar-refractivity contribution in [1.29, 1.82) is 0 Å². The van der Waals surface area contributed by atoms with Gasteiger partial charge in [0.05, 0.1) is 24.6 Å². The number of carbonyl (C=O) groups excluding carboxylic acids is 3. The van der Waals surface area contributed by atoms with E-state index < -0.39 is 24.0 Å². The molecule has 3 aromatic carbocycles. The first-order valence-electron chi connectivity index (χ1n) is 15.0. The van der Waals surface area contributed by atoms with Crippen molar-refractivity contribution in [2.45, 2.75) is 26.0 Å². The highest BCUT2D eigenvalue weighted by Gasteiger charge is 2.24. The number of H-pyrrole nitrogens is 1. The minimum atomic E-state index is -0.736. The SMILES string of the molecule is COC(=O)c1ccc(C(NC(=O)OCc2ccccc2)/C(=C/[C@@H](C)C(=O)NCCc2c[nH]c3ccccc23)c2cccnc2)cc1. The highest BCUT2D eigenvalue weighted by molar-refractivity contribution is 5.90. The Morgan fingerprint density at radius 3 is 2.41 bits per heavy atom. The van der Waals surface area contributed by atoms with Gasteiger partial charge in [0, 0.05) is 36.0 Å². The number of para-hydroxylation sites is 1. The summed E-state index contributed by atoms with van der Waals surface area (Å²) in [4.78, 5) is 46.2. The Kier molecular flexibility index (Phi) is 10.6. The summed E-state index contributed by atoms with van der Waals surface area (Å²) in [5.41, 5.74) is 5.43. The van der Waals surface area contributed by atoms with E-state index in [9.17, 15) is 14.4 Å². The standard InChI is InChI=1S/C37H36N4O5/c1-25(35(42)39-20-18-30-23-40-33-13-7-6-12-31(30)33)21-32(29-11-8-19-38-22-29)34(27-14-16-28(17-15-27)36(43)45-2)41-37(44)46-24-26-9-4-3-5-10-26/h3-17,19,21-23,25,34,40H,18,20,24H2,1-2H3,(H,39,42)(H,41,44)/b32-21+/t25-,34?/m1/s1. The second kappa shape index (κ2) is 15.3. The first-order chi connectivity index (χ1) is 22.4. The summed E-state index contributed by atoms with van der Waals surface area (Å²) in [7, 11) is 1.32. The summed E-state index contributed by atoms with van der Waals surface area (Å²) in [5.74, 6) is -1.19. The smallest absolute Gasteiger partial charge is 0.408 e. The highest BCUT2D eigenvalue weighted by atomic mass is 16.5. The molecule has 46 heavy (non-hydrogen) atoms. The lowest BCUT2D eigenvalue weighted by Gasteiger charge is -2.24. The summed E-state index contributed by atoms with van der Waals surface area (Å²) >= 11 is 0. The zero-order valence-electron chi connectivity index (χ0n) is 25.7. The number of esters is 1. The molecule has 2 atom stereocenters. The summed E-state index contributed by atoms with van der Waals surface area (Å²) in [6.45, 7) is 2.36. The van der Waals surface area contributed by atoms with E-state index in [-0.39, 0.29) is 12.5 Å². The Morgan fingerprint density at radius 2 is 1.67 bits per heavy atom. The Labute approximate surface area is 267 Å². The van der Waals surface area contributed by atoms with Gasteiger partial charge in [0.25, 0.3) is 0 Å². The molecule has 9 nitrogen and oxygen atoms in total. The number of alkyl carbamates (subject to hydrolysis) is 1. The van der Waals surface area contributed by atoms with Crippen molar-refractivity contribution in [3.05, 3.63) is 143 Å². The number of aromatic nitrogens is 2. The van der Waals surface area contributed by atoms with Crippen LogP contribution in [0.3, 0.4) is 0 Å². The Balaban J connectivity index is 1.39. The van der Waals surface area contributed by atoms with Crippen LogP contribution in [0, 0.1) is 5.92 Å². The van der Waals surface area contributed by atoms with Gasteiger partial charge in [-0.15, -0.1) is 0 Å². The lowest BCUT2D eigenvalue weighted by molar-refractivity contribution is -0.123. The molecular weight excluding hydrogens is 580 g/mol. The Hall–Kier alpha value is -5.70. The van der Waals surface area contributed by atoms with Gasteiger partial charge >= 0.3 is 12.1 Å². The number of carbonyl (C=O) groups is 3. The molecule has 0 aliphatic heterocycles. The molecule has 0 aliphatic rings. The van der Waals surface area contributed by atoms with Crippen molar-refractivity contribution in [1.82, 2.24) is 20.6 Å². The van der Waals surface area contributed by atoms with Gasteiger partial charge < -0.3 is 25.1 Å². The summed E-state index contributed by atoms with van der Waals surface area (Å²) in [5, 5.41) is 7.16. The van der Waals surface area contributed by atoms with E-state index in [1.165, 1.54) is 7.11 Å². The maximum absolute atomic E-state index is 13.4. The fraction of sp³-hybridized carbons (Fsp3) is 0.189. The third kappa shape index (κ3) is 8.06. The largest absolute Gasteiger partial charge is 0.465 e. The van der Waals surface area contributed by atoms with Gasteiger partial charge in [-0.3, -0.25) is 9.78 Å². The van der Waals surface area contributed by atoms with Crippen LogP contribution >= 0.6 is 0 Å². The van der Waals surface area contributed by atoms with Crippen LogP contribution in [0.25, 0.3) is 16.5 Å². The number of hydrogen-bond donors (Lipinski definition) is 3. The number of aromatic amines is 1. The quantitative estimate of drug-likeness (QED) is 0.140. The summed E-state index contributed by atoms with van der Waals surface area (Å²) < 4.78 is 10.4. The van der Waals surface area contributed by atoms with E-state index in [1.807, 2.05) is 73.8 Å². The van der Waals surface area contributed by atoms with Crippen LogP contribution in [0.5, 0.6) is 0 Å². The summed E-state index contributed by atoms with van der Waals surface area (Å²) in [6.07, 6.45) is 7.17. The zero-order chi connectivity index (χ0) is 32.3. The average molecular weight is 617 g/mol. The van der Waals surface area contributed by atoms with E-state index in [1.54, 1.807) is 42.7 Å². The molecular formula is C37H36N4O5. The van der Waals surface area contributed by atoms with E-state index in [0.717, 1.165) is 22.0 Å². The first-order valence-corrected chi connectivity index (χ1v) is 15.0. The minimum absolute atomic E-state index is 0.0852. The van der Waals surface area contributed by atoms with Gasteiger partial charge in [-0.1, -0.05) is 79.7 Å². The van der Waals surface area contributed by atoms with Gasteiger partial charge in [-0.25, -0.2) is 9.59 Å². The van der Waals surface area contributed by atoms with Crippen LogP contribution in [0.2, 0.25) is 0 Å². The van der Waals surface area contributed by atoms with Gasteiger partial charge in [0.1, 0.15) is 6.61 Å². The molecule has 234 valence electrons. The molecule has 5 rings (SSSR count). The van der Waals surface area contributed by atoms with Crippen LogP contribution in [-0.2, 0) is 27.3 Å². The predicted octanol–water partition coefficient (Wildman–Crippen LogP) is 6.40. The third-order valence-corrected chi connectivity index (χ3v) is 7.66. The molecule has 5 aromatic rings. The molecule has 2 heterocycles. The topological polar surface area (TPSA) is 122 Å². The van der Waals surface area contributed by atoms with Gasteiger partial charge in [0.15, 0.2) is 0 Å². The van der Waals surface area contributed by atoms with Gasteiger partial charge in [0.2, 0.25) is 5.91 Å². The maximum Gasteiger partial charge on any atom is 0.408 e. The number of nitrogens with one attached hydrogen (secondary N) is 3. The maximum atomic E-state index is 13.4. The molecule has 2 amide bonds. The fourth-order valence-corrected chi connectivity index (χ4v) is 5.21. The van der Waals surface area contributed by atoms with Crippen molar-refractivity contribution in [3.63, 3.8) is 0 Å². The van der Waals surface area contributed by atoms with Crippen LogP contribution in [-0.4, -0.2) is 41.6 Å². The van der Waals surface area contributed by atoms with Gasteiger partial charge in [-0.05, 0) is 58.5 Å². The molecule has 0 fully saturated rings. The fourth-order valence-electron chi connectivity index (χ4n) is 5.21. The normalized spacial score (nSPS) is 12.6. The van der Waals surface area contributed by atoms with Crippen molar-refractivity contribution in [3.8, 4) is 0 Å². The van der Waals surface area contributed by atoms with E-state index in [4.69, 9.17) is 9.47 Å². The molecule has 0 bridgehead atoms. The number of ether oxygens (including phenoxy) is 2. The summed E-state index contributed by atoms with van der Waals surface area (Å²) in [6, 6.07) is 27.1. The molecule has 0 saturated heterocycles. The van der Waals surface area contributed by atoms with Crippen molar-refractivity contribution < 1.29 is 23.9 Å². The Bertz CT molecular complexity index is 1800. The van der Waals surface area contributed by atoms with Crippen LogP contribution in [0.15, 0.2) is 116 Å². The number of rotatable bonds is 12. The number of pyridine rings is 1. The second-order valence-corrected chi connectivity index (χ2v) is 10.8. The molecule has 2 aromatic heterocycles. The number of benzene rings is 3. The highest BCUT2D eigenvalue weighted by Crippen LogP contribution is 2.32. The third-order valence-electron chi connectivity index (χ3n) is 7.66. The Morgan fingerprint density at radius 1 is 0.913 bits per heavy atom. The van der Waals surface area contributed by atoms with Crippen LogP contribution in [0.1, 0.15) is 45.6 Å². The number of amides is 2. The first kappa shape index (κ1) is 31.7. The number of fused-ring (bicyclic) bond motifs is 1. The van der Waals surface area contributed by atoms with E-state index >= 15 is 0 Å². The molecule has 0 aliphatic carbocycles. The molecule has 3 N–H and O–H groups in total. The van der Waals surface area contributed by atoms with Crippen LogP contribution < -0.4 is 10.6 Å². The number of methoxy groups -OCH3 is 1. The minimum Gasteiger partial charge on any atom is -0.465 e. The van der Waals surface area contributed by atoms with Crippen molar-refractivity contribution in [2.75, 3.05) is 13.7 Å². The molecule has 9 heteroatoms. The van der Waals surface area contributed by atoms with Crippen molar-refractivity contribution >= 4 is 34.4 Å². The van der Waals surface area contributed by atoms with E-state index in [0.29, 0.717) is 35.2 Å². The van der Waals surface area contributed by atoms with Crippen molar-refractivity contribution in [2.24, 2.45) is 5.92 Å². The monoisotopic (exact) mass is 616 g/mol. The lowest BCUT2D eigenvalue weighted by atomic mass is 9.90. The second-order valence-electron chi connectivity index (χ2n) is 10.8. The number of hydrogen-bond acceptors (Lipinski definition) is 6.